The van der Waals surface area contributed by atoms with Gasteiger partial charge in [0.1, 0.15) is 5.75 Å². The van der Waals surface area contributed by atoms with E-state index in [1.807, 2.05) is 0 Å². The molecule has 0 spiro atoms. The lowest BCUT2D eigenvalue weighted by atomic mass is 10.1. The van der Waals surface area contributed by atoms with Crippen LogP contribution >= 0.6 is 0 Å². The molecule has 1 aromatic rings. The van der Waals surface area contributed by atoms with Gasteiger partial charge in [0.25, 0.3) is 0 Å². The second kappa shape index (κ2) is 10.6. The minimum Gasteiger partial charge on any atom is -0.494 e. The second-order valence-corrected chi connectivity index (χ2v) is 5.48. The van der Waals surface area contributed by atoms with Gasteiger partial charge in [-0.25, -0.2) is 0 Å². The molecule has 0 aromatic heterocycles. The summed E-state index contributed by atoms with van der Waals surface area (Å²) in [7, 11) is 0. The van der Waals surface area contributed by atoms with E-state index in [9.17, 15) is 0 Å². The van der Waals surface area contributed by atoms with Gasteiger partial charge in [-0.2, -0.15) is 0 Å². The Morgan fingerprint density at radius 2 is 1.76 bits per heavy atom. The van der Waals surface area contributed by atoms with E-state index >= 15 is 0 Å². The second-order valence-electron chi connectivity index (χ2n) is 5.48. The van der Waals surface area contributed by atoms with Crippen molar-refractivity contribution in [2.45, 2.75) is 59.1 Å². The number of nitrogens with one attached hydrogen (secondary N) is 1. The molecule has 0 radical (unpaired) electrons. The molecule has 0 heterocycles. The first-order chi connectivity index (χ1) is 10.2. The first-order valence-corrected chi connectivity index (χ1v) is 8.28. The quantitative estimate of drug-likeness (QED) is 0.658. The summed E-state index contributed by atoms with van der Waals surface area (Å²) in [6, 6.07) is 8.62. The summed E-state index contributed by atoms with van der Waals surface area (Å²) >= 11 is 0. The van der Waals surface area contributed by atoms with Gasteiger partial charge in [-0.1, -0.05) is 32.9 Å². The van der Waals surface area contributed by atoms with Gasteiger partial charge in [0.15, 0.2) is 0 Å². The lowest BCUT2D eigenvalue weighted by Crippen LogP contribution is -2.27. The molecular weight excluding hydrogens is 262 g/mol. The average Bonchev–Trinajstić information content (AvgIpc) is 2.53. The van der Waals surface area contributed by atoms with Crippen LogP contribution in [0.15, 0.2) is 24.3 Å². The topological polar surface area (TPSA) is 30.5 Å². The Balaban J connectivity index is 2.63. The van der Waals surface area contributed by atoms with Crippen LogP contribution in [0.4, 0.5) is 0 Å². The van der Waals surface area contributed by atoms with Crippen LogP contribution < -0.4 is 10.1 Å². The van der Waals surface area contributed by atoms with Crippen LogP contribution in [0.1, 0.15) is 58.6 Å². The predicted molar refractivity (Wildman–Crippen MR) is 89.0 cm³/mol. The zero-order chi connectivity index (χ0) is 15.5. The van der Waals surface area contributed by atoms with Gasteiger partial charge in [-0.15, -0.1) is 0 Å². The number of hydrogen-bond acceptors (Lipinski definition) is 3. The molecule has 1 aromatic carbocycles. The summed E-state index contributed by atoms with van der Waals surface area (Å²) in [6.45, 7) is 11.1. The summed E-state index contributed by atoms with van der Waals surface area (Å²) in [5, 5.41) is 3.56. The summed E-state index contributed by atoms with van der Waals surface area (Å²) < 4.78 is 11.5. The van der Waals surface area contributed by atoms with Crippen molar-refractivity contribution in [1.29, 1.82) is 0 Å². The molecule has 1 N–H and O–H groups in total. The Hall–Kier alpha value is -1.06. The fraction of sp³-hybridized carbons (Fsp3) is 0.667. The first kappa shape index (κ1) is 18.0. The minimum absolute atomic E-state index is 0.249. The molecule has 0 fully saturated rings. The molecule has 2 atom stereocenters. The third-order valence-corrected chi connectivity index (χ3v) is 3.52. The van der Waals surface area contributed by atoms with Gasteiger partial charge >= 0.3 is 0 Å². The molecule has 0 aliphatic rings. The Kier molecular flexibility index (Phi) is 9.11. The molecule has 0 saturated heterocycles. The van der Waals surface area contributed by atoms with Crippen molar-refractivity contribution < 1.29 is 9.47 Å². The highest BCUT2D eigenvalue weighted by molar-refractivity contribution is 5.29. The smallest absolute Gasteiger partial charge is 0.119 e. The lowest BCUT2D eigenvalue weighted by molar-refractivity contribution is 0.0474. The maximum absolute atomic E-state index is 5.91. The normalized spacial score (nSPS) is 13.9. The van der Waals surface area contributed by atoms with E-state index in [-0.39, 0.29) is 6.04 Å². The van der Waals surface area contributed by atoms with E-state index in [4.69, 9.17) is 9.47 Å². The van der Waals surface area contributed by atoms with Gasteiger partial charge in [0.05, 0.1) is 25.4 Å². The molecule has 0 bridgehead atoms. The van der Waals surface area contributed by atoms with Crippen LogP contribution in [-0.4, -0.2) is 25.9 Å². The van der Waals surface area contributed by atoms with Crippen LogP contribution in [0, 0.1) is 0 Å². The van der Waals surface area contributed by atoms with Crippen molar-refractivity contribution in [3.8, 4) is 5.75 Å². The highest BCUT2D eigenvalue weighted by atomic mass is 16.5. The van der Waals surface area contributed by atoms with Crippen LogP contribution in [-0.2, 0) is 4.74 Å². The van der Waals surface area contributed by atoms with Gasteiger partial charge in [-0.05, 0) is 50.4 Å². The largest absolute Gasteiger partial charge is 0.494 e. The Labute approximate surface area is 130 Å². The molecule has 0 aliphatic heterocycles. The SMILES string of the molecule is CCCNC(COC(C)CC)c1ccc(OCCC)cc1. The zero-order valence-corrected chi connectivity index (χ0v) is 14.0. The third-order valence-electron chi connectivity index (χ3n) is 3.52. The molecule has 0 aliphatic carbocycles. The lowest BCUT2D eigenvalue weighted by Gasteiger charge is -2.21. The molecule has 1 rings (SSSR count). The van der Waals surface area contributed by atoms with Crippen molar-refractivity contribution in [1.82, 2.24) is 5.32 Å². The maximum Gasteiger partial charge on any atom is 0.119 e. The Bertz CT molecular complexity index is 364. The van der Waals surface area contributed by atoms with Crippen LogP contribution in [0.5, 0.6) is 5.75 Å². The molecule has 3 nitrogen and oxygen atoms in total. The van der Waals surface area contributed by atoms with Gasteiger partial charge in [-0.3, -0.25) is 0 Å². The van der Waals surface area contributed by atoms with Gasteiger partial charge in [0, 0.05) is 0 Å². The fourth-order valence-electron chi connectivity index (χ4n) is 1.99. The first-order valence-electron chi connectivity index (χ1n) is 8.28. The molecule has 2 unspecified atom stereocenters. The number of ether oxygens (including phenoxy) is 2. The van der Waals surface area contributed by atoms with Gasteiger partial charge < -0.3 is 14.8 Å². The summed E-state index contributed by atoms with van der Waals surface area (Å²) in [4.78, 5) is 0. The number of rotatable bonds is 11. The van der Waals surface area contributed by atoms with Crippen molar-refractivity contribution in [2.75, 3.05) is 19.8 Å². The minimum atomic E-state index is 0.249. The van der Waals surface area contributed by atoms with Crippen LogP contribution in [0.25, 0.3) is 0 Å². The standard InChI is InChI=1S/C18H31NO2/c1-5-12-19-18(14-21-15(4)7-3)16-8-10-17(11-9-16)20-13-6-2/h8-11,15,18-19H,5-7,12-14H2,1-4H3. The number of hydrogen-bond donors (Lipinski definition) is 1. The Morgan fingerprint density at radius 1 is 1.05 bits per heavy atom. The highest BCUT2D eigenvalue weighted by Gasteiger charge is 2.12. The molecule has 0 amide bonds. The molecule has 21 heavy (non-hydrogen) atoms. The zero-order valence-electron chi connectivity index (χ0n) is 14.0. The summed E-state index contributed by atoms with van der Waals surface area (Å²) in [6.07, 6.45) is 3.51. The summed E-state index contributed by atoms with van der Waals surface area (Å²) in [5.41, 5.74) is 1.26. The van der Waals surface area contributed by atoms with E-state index in [0.717, 1.165) is 38.2 Å². The monoisotopic (exact) mass is 293 g/mol. The maximum atomic E-state index is 5.91. The van der Waals surface area contributed by atoms with Crippen LogP contribution in [0.3, 0.4) is 0 Å². The average molecular weight is 293 g/mol. The van der Waals surface area contributed by atoms with E-state index in [2.05, 4.69) is 57.3 Å². The molecule has 120 valence electrons. The van der Waals surface area contributed by atoms with E-state index in [0.29, 0.717) is 12.7 Å². The van der Waals surface area contributed by atoms with Crippen molar-refractivity contribution >= 4 is 0 Å². The fourth-order valence-corrected chi connectivity index (χ4v) is 1.99. The number of benzene rings is 1. The predicted octanol–water partition coefficient (Wildman–Crippen LogP) is 4.33. The van der Waals surface area contributed by atoms with E-state index in [1.54, 1.807) is 0 Å². The molecule has 0 saturated carbocycles. The van der Waals surface area contributed by atoms with E-state index < -0.39 is 0 Å². The van der Waals surface area contributed by atoms with Crippen molar-refractivity contribution in [3.63, 3.8) is 0 Å². The van der Waals surface area contributed by atoms with Crippen molar-refractivity contribution in [3.05, 3.63) is 29.8 Å². The summed E-state index contributed by atoms with van der Waals surface area (Å²) in [5.74, 6) is 0.942. The highest BCUT2D eigenvalue weighted by Crippen LogP contribution is 2.19. The van der Waals surface area contributed by atoms with E-state index in [1.165, 1.54) is 5.56 Å². The van der Waals surface area contributed by atoms with Crippen molar-refractivity contribution in [2.24, 2.45) is 0 Å². The third kappa shape index (κ3) is 6.96. The van der Waals surface area contributed by atoms with Gasteiger partial charge in [0.2, 0.25) is 0 Å². The molecular formula is C18H31NO2. The Morgan fingerprint density at radius 3 is 2.33 bits per heavy atom. The molecule has 3 heteroatoms. The van der Waals surface area contributed by atoms with Crippen LogP contribution in [0.2, 0.25) is 0 Å².